The van der Waals surface area contributed by atoms with Crippen LogP contribution in [0.3, 0.4) is 0 Å². The maximum atomic E-state index is 13.9. The Labute approximate surface area is 234 Å². The quantitative estimate of drug-likeness (QED) is 0.561. The van der Waals surface area contributed by atoms with Crippen molar-refractivity contribution in [3.05, 3.63) is 55.5 Å². The summed E-state index contributed by atoms with van der Waals surface area (Å²) < 4.78 is 42.4. The van der Waals surface area contributed by atoms with Crippen molar-refractivity contribution in [2.75, 3.05) is 26.0 Å². The SMILES string of the molecule is CNC(=O)C1=NCC(n2c(NC(C)C)nc3c(c2=O)C[C@@H](C)N(C(=O)c2ccc(Cl)c(C(F)(F)F)c2C)C3)N1C. The zero-order chi connectivity index (χ0) is 29.7. The fraction of sp³-hybridized carbons (Fsp3) is 0.500. The van der Waals surface area contributed by atoms with Crippen LogP contribution in [0.2, 0.25) is 5.02 Å². The molecule has 10 nitrogen and oxygen atoms in total. The summed E-state index contributed by atoms with van der Waals surface area (Å²) in [5.41, 5.74) is -1.01. The number of amides is 2. The van der Waals surface area contributed by atoms with Gasteiger partial charge in [-0.3, -0.25) is 23.9 Å². The Morgan fingerprint density at radius 2 is 1.90 bits per heavy atom. The number of fused-ring (bicyclic) bond motifs is 1. The number of likely N-dealkylation sites (N-methyl/N-ethyl adjacent to an activating group) is 2. The Morgan fingerprint density at radius 1 is 1.23 bits per heavy atom. The Hall–Kier alpha value is -3.61. The van der Waals surface area contributed by atoms with E-state index in [1.807, 2.05) is 13.8 Å². The van der Waals surface area contributed by atoms with Crippen molar-refractivity contribution >= 4 is 35.2 Å². The number of hydrogen-bond donors (Lipinski definition) is 2. The molecule has 0 aliphatic carbocycles. The van der Waals surface area contributed by atoms with Crippen LogP contribution in [-0.4, -0.2) is 69.7 Å². The Balaban J connectivity index is 1.75. The van der Waals surface area contributed by atoms with Crippen LogP contribution in [0.4, 0.5) is 19.1 Å². The molecule has 0 radical (unpaired) electrons. The van der Waals surface area contributed by atoms with Crippen LogP contribution in [0.25, 0.3) is 0 Å². The van der Waals surface area contributed by atoms with Gasteiger partial charge in [0.25, 0.3) is 17.4 Å². The second-order valence-corrected chi connectivity index (χ2v) is 10.7. The van der Waals surface area contributed by atoms with Gasteiger partial charge in [-0.25, -0.2) is 4.98 Å². The van der Waals surface area contributed by atoms with Gasteiger partial charge >= 0.3 is 6.18 Å². The normalized spacial score (nSPS) is 19.0. The average molecular weight is 582 g/mol. The van der Waals surface area contributed by atoms with Crippen molar-refractivity contribution in [2.24, 2.45) is 4.99 Å². The van der Waals surface area contributed by atoms with Crippen molar-refractivity contribution in [3.8, 4) is 0 Å². The third-order valence-electron chi connectivity index (χ3n) is 7.17. The fourth-order valence-corrected chi connectivity index (χ4v) is 5.45. The van der Waals surface area contributed by atoms with E-state index in [0.29, 0.717) is 11.3 Å². The van der Waals surface area contributed by atoms with E-state index in [0.717, 1.165) is 6.07 Å². The predicted molar refractivity (Wildman–Crippen MR) is 145 cm³/mol. The van der Waals surface area contributed by atoms with Gasteiger partial charge in [0, 0.05) is 37.3 Å². The molecule has 0 saturated carbocycles. The molecule has 2 atom stereocenters. The number of benzene rings is 1. The summed E-state index contributed by atoms with van der Waals surface area (Å²) in [5, 5.41) is 5.23. The van der Waals surface area contributed by atoms with Gasteiger partial charge in [-0.1, -0.05) is 11.6 Å². The number of alkyl halides is 3. The molecule has 2 aliphatic heterocycles. The van der Waals surface area contributed by atoms with E-state index in [4.69, 9.17) is 16.6 Å². The van der Waals surface area contributed by atoms with E-state index >= 15 is 0 Å². The molecule has 1 aromatic heterocycles. The van der Waals surface area contributed by atoms with Gasteiger partial charge in [0.1, 0.15) is 6.17 Å². The Morgan fingerprint density at radius 3 is 2.50 bits per heavy atom. The second kappa shape index (κ2) is 10.8. The maximum Gasteiger partial charge on any atom is 0.418 e. The maximum absolute atomic E-state index is 13.9. The zero-order valence-corrected chi connectivity index (χ0v) is 23.7. The largest absolute Gasteiger partial charge is 0.418 e. The number of nitrogens with zero attached hydrogens (tertiary/aromatic N) is 5. The predicted octanol–water partition coefficient (Wildman–Crippen LogP) is 3.22. The van der Waals surface area contributed by atoms with Crippen molar-refractivity contribution in [1.29, 1.82) is 0 Å². The number of amidine groups is 1. The van der Waals surface area contributed by atoms with Gasteiger partial charge in [-0.15, -0.1) is 0 Å². The van der Waals surface area contributed by atoms with Crippen LogP contribution in [0.5, 0.6) is 0 Å². The van der Waals surface area contributed by atoms with E-state index in [2.05, 4.69) is 15.6 Å². The number of nitrogens with one attached hydrogen (secondary N) is 2. The number of anilines is 1. The minimum Gasteiger partial charge on any atom is -0.353 e. The molecule has 2 aromatic rings. The smallest absolute Gasteiger partial charge is 0.353 e. The number of carbonyl (C=O) groups is 2. The molecule has 0 bridgehead atoms. The first-order valence-corrected chi connectivity index (χ1v) is 13.1. The molecule has 0 spiro atoms. The molecule has 40 heavy (non-hydrogen) atoms. The first-order chi connectivity index (χ1) is 18.7. The molecule has 4 rings (SSSR count). The molecular formula is C26H31ClF3N7O3. The number of carbonyl (C=O) groups excluding carboxylic acids is 2. The van der Waals surface area contributed by atoms with Gasteiger partial charge in [-0.2, -0.15) is 13.2 Å². The third-order valence-corrected chi connectivity index (χ3v) is 7.48. The lowest BCUT2D eigenvalue weighted by molar-refractivity contribution is -0.138. The van der Waals surface area contributed by atoms with E-state index in [1.54, 1.807) is 18.9 Å². The molecule has 216 valence electrons. The molecule has 2 amide bonds. The first kappa shape index (κ1) is 29.4. The van der Waals surface area contributed by atoms with Crippen LogP contribution in [0.15, 0.2) is 21.9 Å². The summed E-state index contributed by atoms with van der Waals surface area (Å²) in [6, 6.07) is 1.74. The van der Waals surface area contributed by atoms with Crippen LogP contribution in [0.1, 0.15) is 59.7 Å². The Kier molecular flexibility index (Phi) is 7.90. The number of rotatable bonds is 5. The highest BCUT2D eigenvalue weighted by molar-refractivity contribution is 6.38. The third kappa shape index (κ3) is 5.14. The molecular weight excluding hydrogens is 551 g/mol. The van der Waals surface area contributed by atoms with E-state index < -0.39 is 34.9 Å². The highest BCUT2D eigenvalue weighted by Crippen LogP contribution is 2.39. The standard InChI is InChI=1S/C26H31ClF3N7O3/c1-12(2)33-25-34-18-11-36(23(39)15-7-8-17(27)20(14(15)4)26(28,29)30)13(3)9-16(18)24(40)37(25)19-10-32-21(35(19)6)22(38)31-5/h7-8,12-13,19H,9-11H2,1-6H3,(H,31,38)(H,33,34)/t13-,19?/m1/s1. The lowest BCUT2D eigenvalue weighted by Crippen LogP contribution is -2.48. The molecule has 0 fully saturated rings. The molecule has 3 heterocycles. The van der Waals surface area contributed by atoms with Gasteiger partial charge in [0.05, 0.1) is 29.4 Å². The van der Waals surface area contributed by atoms with Crippen LogP contribution >= 0.6 is 11.6 Å². The van der Waals surface area contributed by atoms with E-state index in [1.165, 1.54) is 29.5 Å². The second-order valence-electron chi connectivity index (χ2n) is 10.2. The van der Waals surface area contributed by atoms with E-state index in [-0.39, 0.29) is 59.9 Å². The summed E-state index contributed by atoms with van der Waals surface area (Å²) in [5.74, 6) is -0.556. The van der Waals surface area contributed by atoms with Crippen LogP contribution < -0.4 is 16.2 Å². The highest BCUT2D eigenvalue weighted by Gasteiger charge is 2.39. The molecule has 1 aromatic carbocycles. The molecule has 14 heteroatoms. The molecule has 2 N–H and O–H groups in total. The summed E-state index contributed by atoms with van der Waals surface area (Å²) in [6.45, 7) is 6.79. The average Bonchev–Trinajstić information content (AvgIpc) is 3.23. The fourth-order valence-electron chi connectivity index (χ4n) is 5.14. The van der Waals surface area contributed by atoms with Crippen LogP contribution in [0, 0.1) is 6.92 Å². The van der Waals surface area contributed by atoms with Gasteiger partial charge < -0.3 is 20.4 Å². The van der Waals surface area contributed by atoms with E-state index in [9.17, 15) is 27.6 Å². The molecule has 1 unspecified atom stereocenters. The zero-order valence-electron chi connectivity index (χ0n) is 23.0. The van der Waals surface area contributed by atoms with Gasteiger partial charge in [0.15, 0.2) is 5.84 Å². The monoisotopic (exact) mass is 581 g/mol. The summed E-state index contributed by atoms with van der Waals surface area (Å²) in [7, 11) is 3.16. The van der Waals surface area contributed by atoms with Crippen molar-refractivity contribution in [3.63, 3.8) is 0 Å². The van der Waals surface area contributed by atoms with Gasteiger partial charge in [-0.05, 0) is 51.8 Å². The number of aliphatic imine (C=N–C) groups is 1. The minimum atomic E-state index is -4.73. The van der Waals surface area contributed by atoms with Crippen molar-refractivity contribution in [2.45, 2.75) is 65.1 Å². The number of halogens is 4. The lowest BCUT2D eigenvalue weighted by Gasteiger charge is -2.36. The molecule has 2 aliphatic rings. The van der Waals surface area contributed by atoms with Crippen molar-refractivity contribution in [1.82, 2.24) is 24.7 Å². The summed E-state index contributed by atoms with van der Waals surface area (Å²) >= 11 is 5.83. The highest BCUT2D eigenvalue weighted by atomic mass is 35.5. The Bertz CT molecular complexity index is 1450. The van der Waals surface area contributed by atoms with Crippen LogP contribution in [-0.2, 0) is 23.9 Å². The number of aromatic nitrogens is 2. The minimum absolute atomic E-state index is 0.0674. The lowest BCUT2D eigenvalue weighted by atomic mass is 9.96. The summed E-state index contributed by atoms with van der Waals surface area (Å²) in [6.07, 6.45) is -5.18. The number of hydrogen-bond acceptors (Lipinski definition) is 7. The van der Waals surface area contributed by atoms with Gasteiger partial charge in [0.2, 0.25) is 5.95 Å². The topological polar surface area (TPSA) is 112 Å². The van der Waals surface area contributed by atoms with Crippen molar-refractivity contribution < 1.29 is 22.8 Å². The molecule has 0 saturated heterocycles. The summed E-state index contributed by atoms with van der Waals surface area (Å²) in [4.78, 5) is 51.8. The first-order valence-electron chi connectivity index (χ1n) is 12.7.